The molecule has 5 rings (SSSR count). The number of anilines is 1. The number of carbonyl (C=O) groups excluding carboxylic acids is 1. The van der Waals surface area contributed by atoms with E-state index in [0.717, 1.165) is 31.2 Å². The van der Waals surface area contributed by atoms with Crippen molar-refractivity contribution in [3.8, 4) is 11.1 Å². The molecule has 1 saturated carbocycles. The molecule has 160 valence electrons. The maximum absolute atomic E-state index is 14.7. The topological polar surface area (TPSA) is 50.2 Å². The van der Waals surface area contributed by atoms with Crippen LogP contribution in [0.4, 0.5) is 14.9 Å². The summed E-state index contributed by atoms with van der Waals surface area (Å²) in [5.41, 5.74) is 4.29. The molecular weight excluding hydrogens is 391 g/mol. The molecule has 2 aromatic carbocycles. The summed E-state index contributed by atoms with van der Waals surface area (Å²) in [6.07, 6.45) is 7.77. The van der Waals surface area contributed by atoms with E-state index in [0.29, 0.717) is 30.6 Å². The van der Waals surface area contributed by atoms with Crippen LogP contribution in [-0.2, 0) is 0 Å². The van der Waals surface area contributed by atoms with E-state index in [-0.39, 0.29) is 11.7 Å². The van der Waals surface area contributed by atoms with Crippen LogP contribution in [-0.4, -0.2) is 33.8 Å². The van der Waals surface area contributed by atoms with Gasteiger partial charge in [0.25, 0.3) is 0 Å². The van der Waals surface area contributed by atoms with Gasteiger partial charge in [0.1, 0.15) is 5.82 Å². The second kappa shape index (κ2) is 8.17. The van der Waals surface area contributed by atoms with Crippen LogP contribution in [0.15, 0.2) is 54.9 Å². The van der Waals surface area contributed by atoms with Crippen LogP contribution >= 0.6 is 0 Å². The third kappa shape index (κ3) is 4.20. The van der Waals surface area contributed by atoms with E-state index in [1.54, 1.807) is 17.2 Å². The molecule has 1 aliphatic heterocycles. The van der Waals surface area contributed by atoms with Crippen LogP contribution in [0.5, 0.6) is 0 Å². The van der Waals surface area contributed by atoms with Crippen molar-refractivity contribution in [2.24, 2.45) is 0 Å². The van der Waals surface area contributed by atoms with Crippen molar-refractivity contribution >= 4 is 11.7 Å². The lowest BCUT2D eigenvalue weighted by molar-refractivity contribution is 0.194. The van der Waals surface area contributed by atoms with E-state index in [9.17, 15) is 9.18 Å². The fourth-order valence-corrected chi connectivity index (χ4v) is 4.35. The number of para-hydroxylation sites is 1. The van der Waals surface area contributed by atoms with Gasteiger partial charge >= 0.3 is 6.03 Å². The summed E-state index contributed by atoms with van der Waals surface area (Å²) in [6, 6.07) is 13.7. The minimum Gasteiger partial charge on any atom is -0.324 e. The van der Waals surface area contributed by atoms with Gasteiger partial charge in [-0.3, -0.25) is 4.68 Å². The Kier molecular flexibility index (Phi) is 5.22. The van der Waals surface area contributed by atoms with Crippen LogP contribution in [0, 0.1) is 12.7 Å². The molecule has 0 atom stereocenters. The van der Waals surface area contributed by atoms with Gasteiger partial charge in [0.05, 0.1) is 17.9 Å². The molecule has 1 aromatic heterocycles. The summed E-state index contributed by atoms with van der Waals surface area (Å²) in [4.78, 5) is 14.7. The molecule has 0 unspecified atom stereocenters. The van der Waals surface area contributed by atoms with E-state index < -0.39 is 5.82 Å². The van der Waals surface area contributed by atoms with Crippen molar-refractivity contribution < 1.29 is 9.18 Å². The fraction of sp³-hybridized carbons (Fsp3) is 0.360. The molecule has 31 heavy (non-hydrogen) atoms. The number of halogens is 1. The highest BCUT2D eigenvalue weighted by molar-refractivity contribution is 5.94. The molecule has 1 N–H and O–H groups in total. The quantitative estimate of drug-likeness (QED) is 0.587. The van der Waals surface area contributed by atoms with Gasteiger partial charge < -0.3 is 10.2 Å². The first kappa shape index (κ1) is 19.8. The summed E-state index contributed by atoms with van der Waals surface area (Å²) in [6.45, 7) is 3.41. The number of hydrogen-bond donors (Lipinski definition) is 1. The number of hydrogen-bond acceptors (Lipinski definition) is 2. The van der Waals surface area contributed by atoms with Crippen LogP contribution < -0.4 is 5.32 Å². The zero-order valence-corrected chi connectivity index (χ0v) is 17.7. The maximum atomic E-state index is 14.7. The largest absolute Gasteiger partial charge is 0.324 e. The Morgan fingerprint density at radius 2 is 1.81 bits per heavy atom. The van der Waals surface area contributed by atoms with Gasteiger partial charge in [-0.15, -0.1) is 0 Å². The Balaban J connectivity index is 1.28. The SMILES string of the molecule is Cc1ccc(C2CCN(C(=O)Nc3c(F)cccc3-c3cnn(C4CC4)c3)CC2)cc1. The van der Waals surface area contributed by atoms with Crippen LogP contribution in [0.25, 0.3) is 11.1 Å². The highest BCUT2D eigenvalue weighted by Crippen LogP contribution is 2.37. The van der Waals surface area contributed by atoms with Gasteiger partial charge in [-0.25, -0.2) is 9.18 Å². The Morgan fingerprint density at radius 1 is 1.06 bits per heavy atom. The monoisotopic (exact) mass is 418 g/mol. The average molecular weight is 419 g/mol. The smallest absolute Gasteiger partial charge is 0.321 e. The van der Waals surface area contributed by atoms with Gasteiger partial charge in [-0.1, -0.05) is 42.0 Å². The average Bonchev–Trinajstić information content (AvgIpc) is 3.52. The van der Waals surface area contributed by atoms with Crippen molar-refractivity contribution in [2.45, 2.75) is 44.6 Å². The highest BCUT2D eigenvalue weighted by atomic mass is 19.1. The maximum Gasteiger partial charge on any atom is 0.321 e. The number of carbonyl (C=O) groups is 1. The van der Waals surface area contributed by atoms with E-state index in [1.165, 1.54) is 17.2 Å². The van der Waals surface area contributed by atoms with Crippen molar-refractivity contribution in [1.29, 1.82) is 0 Å². The molecule has 6 heteroatoms. The fourth-order valence-electron chi connectivity index (χ4n) is 4.35. The Bertz CT molecular complexity index is 1080. The standard InChI is InChI=1S/C25H27FN4O/c1-17-5-7-18(8-6-17)19-11-13-29(14-12-19)25(31)28-24-22(3-2-4-23(24)26)20-15-27-30(16-20)21-9-10-21/h2-8,15-16,19,21H,9-14H2,1H3,(H,28,31). The number of nitrogens with zero attached hydrogens (tertiary/aromatic N) is 3. The molecule has 2 amide bonds. The predicted molar refractivity (Wildman–Crippen MR) is 120 cm³/mol. The first-order chi connectivity index (χ1) is 15.1. The van der Waals surface area contributed by atoms with E-state index in [4.69, 9.17) is 0 Å². The molecule has 5 nitrogen and oxygen atoms in total. The number of nitrogens with one attached hydrogen (secondary N) is 1. The number of amides is 2. The van der Waals surface area contributed by atoms with Gasteiger partial charge in [0, 0.05) is 30.4 Å². The Hall–Kier alpha value is -3.15. The summed E-state index contributed by atoms with van der Waals surface area (Å²) < 4.78 is 16.6. The lowest BCUT2D eigenvalue weighted by atomic mass is 9.89. The number of urea groups is 1. The number of piperidine rings is 1. The van der Waals surface area contributed by atoms with Crippen molar-refractivity contribution in [3.63, 3.8) is 0 Å². The van der Waals surface area contributed by atoms with E-state index in [2.05, 4.69) is 41.6 Å². The van der Waals surface area contributed by atoms with E-state index >= 15 is 0 Å². The zero-order chi connectivity index (χ0) is 21.4. The minimum absolute atomic E-state index is 0.225. The van der Waals surface area contributed by atoms with Gasteiger partial charge in [0.15, 0.2) is 0 Å². The molecule has 2 heterocycles. The van der Waals surface area contributed by atoms with Crippen LogP contribution in [0.1, 0.15) is 48.8 Å². The molecule has 1 aliphatic carbocycles. The zero-order valence-electron chi connectivity index (χ0n) is 17.7. The second-order valence-electron chi connectivity index (χ2n) is 8.70. The van der Waals surface area contributed by atoms with Crippen molar-refractivity contribution in [2.75, 3.05) is 18.4 Å². The summed E-state index contributed by atoms with van der Waals surface area (Å²) in [5.74, 6) is 0.0292. The Morgan fingerprint density at radius 3 is 2.52 bits per heavy atom. The minimum atomic E-state index is -0.431. The number of likely N-dealkylation sites (tertiary alicyclic amines) is 1. The summed E-state index contributed by atoms with van der Waals surface area (Å²) >= 11 is 0. The number of aromatic nitrogens is 2. The van der Waals surface area contributed by atoms with Gasteiger partial charge in [0.2, 0.25) is 0 Å². The summed E-state index contributed by atoms with van der Waals surface area (Å²) in [5, 5.41) is 7.25. The summed E-state index contributed by atoms with van der Waals surface area (Å²) in [7, 11) is 0. The molecule has 0 radical (unpaired) electrons. The first-order valence-corrected chi connectivity index (χ1v) is 11.0. The molecule has 2 fully saturated rings. The highest BCUT2D eigenvalue weighted by Gasteiger charge is 2.27. The molecular formula is C25H27FN4O. The van der Waals surface area contributed by atoms with E-state index in [1.807, 2.05) is 16.9 Å². The first-order valence-electron chi connectivity index (χ1n) is 11.0. The lowest BCUT2D eigenvalue weighted by Gasteiger charge is -2.32. The number of rotatable bonds is 4. The molecule has 0 spiro atoms. The van der Waals surface area contributed by atoms with Gasteiger partial charge in [-0.2, -0.15) is 5.10 Å². The number of benzene rings is 2. The normalized spacial score (nSPS) is 17.0. The number of aryl methyl sites for hydroxylation is 1. The van der Waals surface area contributed by atoms with Crippen LogP contribution in [0.2, 0.25) is 0 Å². The van der Waals surface area contributed by atoms with Crippen LogP contribution in [0.3, 0.4) is 0 Å². The van der Waals surface area contributed by atoms with Crippen molar-refractivity contribution in [1.82, 2.24) is 14.7 Å². The third-order valence-electron chi connectivity index (χ3n) is 6.41. The molecule has 2 aliphatic rings. The Labute approximate surface area is 181 Å². The molecule has 3 aromatic rings. The van der Waals surface area contributed by atoms with Gasteiger partial charge in [-0.05, 0) is 50.2 Å². The third-order valence-corrected chi connectivity index (χ3v) is 6.41. The molecule has 0 bridgehead atoms. The second-order valence-corrected chi connectivity index (χ2v) is 8.70. The molecule has 1 saturated heterocycles. The lowest BCUT2D eigenvalue weighted by Crippen LogP contribution is -2.40. The predicted octanol–water partition coefficient (Wildman–Crippen LogP) is 5.74. The van der Waals surface area contributed by atoms with Crippen molar-refractivity contribution in [3.05, 3.63) is 71.8 Å².